The Hall–Kier alpha value is 0.0900. The van der Waals surface area contributed by atoms with Crippen LogP contribution in [0.15, 0.2) is 15.2 Å². The summed E-state index contributed by atoms with van der Waals surface area (Å²) in [5.41, 5.74) is 1.20. The molecule has 1 aromatic rings. The molecule has 0 spiro atoms. The Morgan fingerprint density at radius 3 is 2.94 bits per heavy atom. The number of nitrogens with one attached hydrogen (secondary N) is 1. The summed E-state index contributed by atoms with van der Waals surface area (Å²) in [6.07, 6.45) is 1.63. The third kappa shape index (κ3) is 3.06. The van der Waals surface area contributed by atoms with Crippen LogP contribution in [-0.4, -0.2) is 26.0 Å². The standard InChI is InChI=1S/C10H14BrNO2S2/c11-10-4-8(7-15-10)5-12-6-9-2-1-3-16(9,13)14/h4,7,9,12H,1-3,5-6H2. The monoisotopic (exact) mass is 323 g/mol. The zero-order valence-electron chi connectivity index (χ0n) is 8.78. The summed E-state index contributed by atoms with van der Waals surface area (Å²) in [4.78, 5) is 0. The lowest BCUT2D eigenvalue weighted by Crippen LogP contribution is -2.30. The van der Waals surface area contributed by atoms with Crippen molar-refractivity contribution in [3.8, 4) is 0 Å². The summed E-state index contributed by atoms with van der Waals surface area (Å²) < 4.78 is 24.2. The zero-order valence-corrected chi connectivity index (χ0v) is 12.0. The van der Waals surface area contributed by atoms with Crippen LogP contribution in [0.2, 0.25) is 0 Å². The molecular weight excluding hydrogens is 310 g/mol. The molecule has 0 bridgehead atoms. The van der Waals surface area contributed by atoms with Crippen molar-refractivity contribution in [2.75, 3.05) is 12.3 Å². The molecule has 2 rings (SSSR count). The van der Waals surface area contributed by atoms with Crippen molar-refractivity contribution in [2.24, 2.45) is 0 Å². The highest BCUT2D eigenvalue weighted by Gasteiger charge is 2.30. The van der Waals surface area contributed by atoms with E-state index in [2.05, 4.69) is 32.7 Å². The van der Waals surface area contributed by atoms with E-state index in [-0.39, 0.29) is 5.25 Å². The third-order valence-corrected chi connectivity index (χ3v) is 6.61. The lowest BCUT2D eigenvalue weighted by molar-refractivity contribution is 0.574. The Kier molecular flexibility index (Phi) is 4.05. The second kappa shape index (κ2) is 5.16. The molecule has 16 heavy (non-hydrogen) atoms. The molecule has 3 nitrogen and oxygen atoms in total. The minimum absolute atomic E-state index is 0.172. The van der Waals surface area contributed by atoms with Crippen molar-refractivity contribution in [2.45, 2.75) is 24.6 Å². The Morgan fingerprint density at radius 2 is 2.38 bits per heavy atom. The van der Waals surface area contributed by atoms with Gasteiger partial charge in [-0.2, -0.15) is 0 Å². The maximum absolute atomic E-state index is 11.6. The SMILES string of the molecule is O=S1(=O)CCCC1CNCc1csc(Br)c1. The van der Waals surface area contributed by atoms with Crippen LogP contribution in [0.5, 0.6) is 0 Å². The van der Waals surface area contributed by atoms with E-state index in [4.69, 9.17) is 0 Å². The van der Waals surface area contributed by atoms with Crippen molar-refractivity contribution in [3.63, 3.8) is 0 Å². The van der Waals surface area contributed by atoms with E-state index >= 15 is 0 Å². The van der Waals surface area contributed by atoms with Crippen LogP contribution in [0.25, 0.3) is 0 Å². The minimum atomic E-state index is -2.81. The average molecular weight is 324 g/mol. The van der Waals surface area contributed by atoms with Gasteiger partial charge in [0, 0.05) is 13.1 Å². The molecule has 1 atom stereocenters. The highest BCUT2D eigenvalue weighted by molar-refractivity contribution is 9.11. The fourth-order valence-corrected chi connectivity index (χ4v) is 4.91. The molecule has 0 aliphatic carbocycles. The Labute approximate surface area is 108 Å². The molecule has 0 aromatic carbocycles. The summed E-state index contributed by atoms with van der Waals surface area (Å²) in [5, 5.41) is 5.12. The largest absolute Gasteiger partial charge is 0.311 e. The van der Waals surface area contributed by atoms with E-state index < -0.39 is 9.84 Å². The summed E-state index contributed by atoms with van der Waals surface area (Å²) in [5.74, 6) is 0.364. The smallest absolute Gasteiger partial charge is 0.154 e. The molecule has 0 amide bonds. The molecule has 90 valence electrons. The van der Waals surface area contributed by atoms with Crippen LogP contribution >= 0.6 is 27.3 Å². The number of sulfone groups is 1. The van der Waals surface area contributed by atoms with Crippen molar-refractivity contribution >= 4 is 37.1 Å². The molecule has 1 saturated heterocycles. The van der Waals surface area contributed by atoms with Crippen molar-refractivity contribution in [3.05, 3.63) is 20.8 Å². The highest BCUT2D eigenvalue weighted by atomic mass is 79.9. The van der Waals surface area contributed by atoms with Gasteiger partial charge < -0.3 is 5.32 Å². The molecule has 2 heterocycles. The lowest BCUT2D eigenvalue weighted by Gasteiger charge is -2.09. The van der Waals surface area contributed by atoms with Crippen molar-refractivity contribution in [1.29, 1.82) is 0 Å². The van der Waals surface area contributed by atoms with Crippen molar-refractivity contribution < 1.29 is 8.42 Å². The van der Waals surface area contributed by atoms with E-state index in [1.165, 1.54) is 5.56 Å². The van der Waals surface area contributed by atoms with Crippen LogP contribution < -0.4 is 5.32 Å². The first-order chi connectivity index (χ1) is 7.58. The second-order valence-electron chi connectivity index (χ2n) is 4.02. The van der Waals surface area contributed by atoms with Crippen molar-refractivity contribution in [1.82, 2.24) is 5.32 Å². The number of rotatable bonds is 4. The van der Waals surface area contributed by atoms with Gasteiger partial charge in [0.2, 0.25) is 0 Å². The van der Waals surface area contributed by atoms with Gasteiger partial charge in [-0.1, -0.05) is 0 Å². The van der Waals surface area contributed by atoms with Crippen LogP contribution in [0, 0.1) is 0 Å². The predicted molar refractivity (Wildman–Crippen MR) is 70.5 cm³/mol. The Balaban J connectivity index is 1.80. The van der Waals surface area contributed by atoms with E-state index in [9.17, 15) is 8.42 Å². The highest BCUT2D eigenvalue weighted by Crippen LogP contribution is 2.21. The first kappa shape index (κ1) is 12.5. The molecule has 1 N–H and O–H groups in total. The maximum Gasteiger partial charge on any atom is 0.154 e. The number of halogens is 1. The third-order valence-electron chi connectivity index (χ3n) is 2.79. The minimum Gasteiger partial charge on any atom is -0.311 e. The first-order valence-electron chi connectivity index (χ1n) is 5.23. The molecule has 1 aromatic heterocycles. The van der Waals surface area contributed by atoms with E-state index in [0.717, 1.165) is 23.2 Å². The molecule has 1 fully saturated rings. The van der Waals surface area contributed by atoms with Crippen LogP contribution in [0.3, 0.4) is 0 Å². The Bertz CT molecular complexity index is 455. The van der Waals surface area contributed by atoms with Gasteiger partial charge in [0.25, 0.3) is 0 Å². The molecular formula is C10H14BrNO2S2. The van der Waals surface area contributed by atoms with Crippen LogP contribution in [0.4, 0.5) is 0 Å². The van der Waals surface area contributed by atoms with Crippen LogP contribution in [0.1, 0.15) is 18.4 Å². The quantitative estimate of drug-likeness (QED) is 0.923. The number of hydrogen-bond acceptors (Lipinski definition) is 4. The zero-order chi connectivity index (χ0) is 11.6. The van der Waals surface area contributed by atoms with Gasteiger partial charge in [-0.25, -0.2) is 8.42 Å². The normalized spacial score (nSPS) is 23.7. The lowest BCUT2D eigenvalue weighted by atomic mass is 10.2. The van der Waals surface area contributed by atoms with E-state index in [1.807, 2.05) is 0 Å². The Morgan fingerprint density at radius 1 is 1.56 bits per heavy atom. The molecule has 6 heteroatoms. The first-order valence-corrected chi connectivity index (χ1v) is 8.62. The predicted octanol–water partition coefficient (Wildman–Crippen LogP) is 2.18. The van der Waals surface area contributed by atoms with Gasteiger partial charge in [-0.15, -0.1) is 11.3 Å². The van der Waals surface area contributed by atoms with Gasteiger partial charge in [0.05, 0.1) is 14.8 Å². The van der Waals surface area contributed by atoms with Gasteiger partial charge in [0.1, 0.15) is 0 Å². The molecule has 0 saturated carbocycles. The molecule has 1 unspecified atom stereocenters. The fraction of sp³-hybridized carbons (Fsp3) is 0.600. The number of hydrogen-bond donors (Lipinski definition) is 1. The fourth-order valence-electron chi connectivity index (χ4n) is 1.90. The van der Waals surface area contributed by atoms with Gasteiger partial charge in [-0.05, 0) is 45.8 Å². The summed E-state index contributed by atoms with van der Waals surface area (Å²) in [6, 6.07) is 2.06. The molecule has 1 aliphatic heterocycles. The maximum atomic E-state index is 11.6. The number of thiophene rings is 1. The van der Waals surface area contributed by atoms with Crippen LogP contribution in [-0.2, 0) is 16.4 Å². The second-order valence-corrected chi connectivity index (χ2v) is 8.71. The van der Waals surface area contributed by atoms with Gasteiger partial charge in [0.15, 0.2) is 9.84 Å². The summed E-state index contributed by atoms with van der Waals surface area (Å²) in [7, 11) is -2.81. The average Bonchev–Trinajstić information content (AvgIpc) is 2.74. The van der Waals surface area contributed by atoms with E-state index in [1.54, 1.807) is 11.3 Å². The topological polar surface area (TPSA) is 46.2 Å². The van der Waals surface area contributed by atoms with E-state index in [0.29, 0.717) is 12.3 Å². The van der Waals surface area contributed by atoms with Gasteiger partial charge in [-0.3, -0.25) is 0 Å². The molecule has 0 radical (unpaired) electrons. The van der Waals surface area contributed by atoms with Gasteiger partial charge >= 0.3 is 0 Å². The molecule has 1 aliphatic rings. The summed E-state index contributed by atoms with van der Waals surface area (Å²) >= 11 is 5.05. The summed E-state index contributed by atoms with van der Waals surface area (Å²) in [6.45, 7) is 1.32.